The van der Waals surface area contributed by atoms with Crippen molar-refractivity contribution in [1.29, 1.82) is 0 Å². The SMILES string of the molecule is COc1ccc2ccccc2c1CN[C@@H](C)[C@H](O)c1ccccc1. The predicted molar refractivity (Wildman–Crippen MR) is 98.2 cm³/mol. The molecule has 2 N–H and O–H groups in total. The van der Waals surface area contributed by atoms with E-state index in [1.54, 1.807) is 7.11 Å². The van der Waals surface area contributed by atoms with Crippen LogP contribution in [0.5, 0.6) is 5.75 Å². The van der Waals surface area contributed by atoms with Gasteiger partial charge in [0.1, 0.15) is 5.75 Å². The van der Waals surface area contributed by atoms with Gasteiger partial charge in [-0.1, -0.05) is 60.7 Å². The first kappa shape index (κ1) is 16.5. The molecule has 2 atom stereocenters. The van der Waals surface area contributed by atoms with Crippen molar-refractivity contribution < 1.29 is 9.84 Å². The number of hydrogen-bond donors (Lipinski definition) is 2. The minimum absolute atomic E-state index is 0.0731. The molecule has 0 radical (unpaired) electrons. The molecule has 0 amide bonds. The standard InChI is InChI=1S/C21H23NO2/c1-15(21(23)17-9-4-3-5-10-17)22-14-19-18-11-7-6-8-16(18)12-13-20(19)24-2/h3-13,15,21-23H,14H2,1-2H3/t15-,21-/m0/s1. The monoisotopic (exact) mass is 321 g/mol. The zero-order valence-electron chi connectivity index (χ0n) is 14.1. The second-order valence-electron chi connectivity index (χ2n) is 5.99. The molecule has 0 fully saturated rings. The molecule has 0 saturated carbocycles. The van der Waals surface area contributed by atoms with Crippen LogP contribution in [0.2, 0.25) is 0 Å². The van der Waals surface area contributed by atoms with Crippen molar-refractivity contribution in [3.63, 3.8) is 0 Å². The van der Waals surface area contributed by atoms with Crippen molar-refractivity contribution in [3.8, 4) is 5.75 Å². The second kappa shape index (κ2) is 7.47. The van der Waals surface area contributed by atoms with Crippen LogP contribution in [0.1, 0.15) is 24.2 Å². The van der Waals surface area contributed by atoms with Crippen molar-refractivity contribution >= 4 is 10.8 Å². The first-order chi connectivity index (χ1) is 11.7. The molecule has 0 aliphatic carbocycles. The van der Waals surface area contributed by atoms with E-state index in [0.717, 1.165) is 16.9 Å². The number of fused-ring (bicyclic) bond motifs is 1. The van der Waals surface area contributed by atoms with Crippen molar-refractivity contribution in [2.45, 2.75) is 25.6 Å². The molecule has 3 aromatic carbocycles. The lowest BCUT2D eigenvalue weighted by molar-refractivity contribution is 0.135. The zero-order valence-corrected chi connectivity index (χ0v) is 14.1. The van der Waals surface area contributed by atoms with E-state index in [2.05, 4.69) is 23.5 Å². The Morgan fingerprint density at radius 1 is 0.958 bits per heavy atom. The summed E-state index contributed by atoms with van der Waals surface area (Å²) in [5.74, 6) is 0.864. The number of hydrogen-bond acceptors (Lipinski definition) is 3. The van der Waals surface area contributed by atoms with Gasteiger partial charge in [0.15, 0.2) is 0 Å². The molecule has 124 valence electrons. The van der Waals surface area contributed by atoms with E-state index >= 15 is 0 Å². The Balaban J connectivity index is 1.80. The van der Waals surface area contributed by atoms with Crippen LogP contribution in [0.25, 0.3) is 10.8 Å². The number of aliphatic hydroxyl groups is 1. The molecule has 0 saturated heterocycles. The highest BCUT2D eigenvalue weighted by molar-refractivity contribution is 5.87. The summed E-state index contributed by atoms with van der Waals surface area (Å²) in [6, 6.07) is 22.0. The van der Waals surface area contributed by atoms with Crippen LogP contribution in [-0.2, 0) is 6.54 Å². The smallest absolute Gasteiger partial charge is 0.123 e. The highest BCUT2D eigenvalue weighted by atomic mass is 16.5. The molecule has 0 bridgehead atoms. The molecule has 3 aromatic rings. The van der Waals surface area contributed by atoms with Gasteiger partial charge in [0.2, 0.25) is 0 Å². The Bertz CT molecular complexity index is 801. The number of nitrogens with one attached hydrogen (secondary N) is 1. The molecule has 0 heterocycles. The van der Waals surface area contributed by atoms with E-state index < -0.39 is 6.10 Å². The molecule has 0 aromatic heterocycles. The summed E-state index contributed by atoms with van der Waals surface area (Å²) in [5, 5.41) is 16.3. The minimum Gasteiger partial charge on any atom is -0.496 e. The summed E-state index contributed by atoms with van der Waals surface area (Å²) < 4.78 is 5.53. The Morgan fingerprint density at radius 3 is 2.42 bits per heavy atom. The van der Waals surface area contributed by atoms with Crippen molar-refractivity contribution in [2.75, 3.05) is 7.11 Å². The van der Waals surface area contributed by atoms with E-state index in [9.17, 15) is 5.11 Å². The molecular weight excluding hydrogens is 298 g/mol. The fourth-order valence-electron chi connectivity index (χ4n) is 3.00. The lowest BCUT2D eigenvalue weighted by Crippen LogP contribution is -2.31. The normalized spacial score (nSPS) is 13.6. The average Bonchev–Trinajstić information content (AvgIpc) is 2.65. The van der Waals surface area contributed by atoms with Gasteiger partial charge in [0.05, 0.1) is 13.2 Å². The van der Waals surface area contributed by atoms with E-state index in [0.29, 0.717) is 6.54 Å². The maximum absolute atomic E-state index is 10.5. The van der Waals surface area contributed by atoms with Gasteiger partial charge in [-0.2, -0.15) is 0 Å². The van der Waals surface area contributed by atoms with Crippen molar-refractivity contribution in [3.05, 3.63) is 77.9 Å². The largest absolute Gasteiger partial charge is 0.496 e. The Hall–Kier alpha value is -2.36. The Kier molecular flexibility index (Phi) is 5.14. The van der Waals surface area contributed by atoms with Crippen LogP contribution in [0.3, 0.4) is 0 Å². The lowest BCUT2D eigenvalue weighted by atomic mass is 10.0. The molecular formula is C21H23NO2. The van der Waals surface area contributed by atoms with Crippen molar-refractivity contribution in [1.82, 2.24) is 5.32 Å². The highest BCUT2D eigenvalue weighted by Crippen LogP contribution is 2.28. The quantitative estimate of drug-likeness (QED) is 0.719. The molecule has 3 nitrogen and oxygen atoms in total. The maximum Gasteiger partial charge on any atom is 0.123 e. The molecule has 24 heavy (non-hydrogen) atoms. The van der Waals surface area contributed by atoms with Gasteiger partial charge in [-0.3, -0.25) is 0 Å². The fraction of sp³-hybridized carbons (Fsp3) is 0.238. The van der Waals surface area contributed by atoms with Crippen LogP contribution in [0.15, 0.2) is 66.7 Å². The zero-order chi connectivity index (χ0) is 16.9. The minimum atomic E-state index is -0.549. The van der Waals surface area contributed by atoms with Gasteiger partial charge in [-0.25, -0.2) is 0 Å². The first-order valence-corrected chi connectivity index (χ1v) is 8.21. The number of ether oxygens (including phenoxy) is 1. The molecule has 3 rings (SSSR count). The summed E-state index contributed by atoms with van der Waals surface area (Å²) >= 11 is 0. The molecule has 3 heteroatoms. The summed E-state index contributed by atoms with van der Waals surface area (Å²) in [6.07, 6.45) is -0.549. The van der Waals surface area contributed by atoms with Crippen LogP contribution < -0.4 is 10.1 Å². The molecule has 0 aliphatic rings. The summed E-state index contributed by atoms with van der Waals surface area (Å²) in [6.45, 7) is 2.63. The van der Waals surface area contributed by atoms with Crippen LogP contribution in [0, 0.1) is 0 Å². The number of aliphatic hydroxyl groups excluding tert-OH is 1. The third-order valence-corrected chi connectivity index (χ3v) is 4.43. The summed E-state index contributed by atoms with van der Waals surface area (Å²) in [7, 11) is 1.69. The van der Waals surface area contributed by atoms with Gasteiger partial charge < -0.3 is 15.2 Å². The predicted octanol–water partition coefficient (Wildman–Crippen LogP) is 4.06. The number of benzene rings is 3. The van der Waals surface area contributed by atoms with E-state index in [1.807, 2.05) is 55.5 Å². The van der Waals surface area contributed by atoms with E-state index in [-0.39, 0.29) is 6.04 Å². The van der Waals surface area contributed by atoms with E-state index in [1.165, 1.54) is 10.8 Å². The molecule has 0 unspecified atom stereocenters. The Morgan fingerprint density at radius 2 is 1.67 bits per heavy atom. The van der Waals surface area contributed by atoms with Crippen LogP contribution in [0.4, 0.5) is 0 Å². The topological polar surface area (TPSA) is 41.5 Å². The number of rotatable bonds is 6. The first-order valence-electron chi connectivity index (χ1n) is 8.21. The number of methoxy groups -OCH3 is 1. The third-order valence-electron chi connectivity index (χ3n) is 4.43. The van der Waals surface area contributed by atoms with Gasteiger partial charge in [-0.15, -0.1) is 0 Å². The van der Waals surface area contributed by atoms with E-state index in [4.69, 9.17) is 4.74 Å². The summed E-state index contributed by atoms with van der Waals surface area (Å²) in [4.78, 5) is 0. The highest BCUT2D eigenvalue weighted by Gasteiger charge is 2.17. The van der Waals surface area contributed by atoms with Crippen LogP contribution >= 0.6 is 0 Å². The van der Waals surface area contributed by atoms with Gasteiger partial charge in [0.25, 0.3) is 0 Å². The van der Waals surface area contributed by atoms with Gasteiger partial charge in [0, 0.05) is 18.2 Å². The third kappa shape index (κ3) is 3.42. The van der Waals surface area contributed by atoms with Gasteiger partial charge in [-0.05, 0) is 29.3 Å². The maximum atomic E-state index is 10.5. The van der Waals surface area contributed by atoms with Crippen molar-refractivity contribution in [2.24, 2.45) is 0 Å². The fourth-order valence-corrected chi connectivity index (χ4v) is 3.00. The van der Waals surface area contributed by atoms with Crippen LogP contribution in [-0.4, -0.2) is 18.3 Å². The molecule has 0 aliphatic heterocycles. The second-order valence-corrected chi connectivity index (χ2v) is 5.99. The Labute approximate surface area is 142 Å². The lowest BCUT2D eigenvalue weighted by Gasteiger charge is -2.22. The average molecular weight is 321 g/mol. The van der Waals surface area contributed by atoms with Gasteiger partial charge >= 0.3 is 0 Å². The molecule has 0 spiro atoms. The summed E-state index contributed by atoms with van der Waals surface area (Å²) in [5.41, 5.74) is 2.03.